The molecule has 2 aromatic carbocycles. The Bertz CT molecular complexity index is 1290. The summed E-state index contributed by atoms with van der Waals surface area (Å²) in [6, 6.07) is 7.46. The van der Waals surface area contributed by atoms with Crippen molar-refractivity contribution in [1.29, 1.82) is 0 Å². The van der Waals surface area contributed by atoms with Gasteiger partial charge in [0.05, 0.1) is 7.11 Å². The van der Waals surface area contributed by atoms with Crippen LogP contribution in [0.1, 0.15) is 45.6 Å². The zero-order valence-electron chi connectivity index (χ0n) is 18.8. The Morgan fingerprint density at radius 1 is 1.06 bits per heavy atom. The Hall–Kier alpha value is -3.15. The van der Waals surface area contributed by atoms with Gasteiger partial charge in [-0.15, -0.1) is 0 Å². The maximum atomic E-state index is 13.3. The number of phenolic OH excluding ortho intramolecular Hbond substituents is 2. The summed E-state index contributed by atoms with van der Waals surface area (Å²) in [4.78, 5) is 13.3. The van der Waals surface area contributed by atoms with Crippen LogP contribution in [0.15, 0.2) is 39.5 Å². The first-order valence-corrected chi connectivity index (χ1v) is 11.0. The van der Waals surface area contributed by atoms with E-state index in [1.54, 1.807) is 19.2 Å². The molecule has 0 bridgehead atoms. The van der Waals surface area contributed by atoms with E-state index >= 15 is 0 Å². The van der Waals surface area contributed by atoms with Crippen molar-refractivity contribution < 1.29 is 24.1 Å². The fourth-order valence-electron chi connectivity index (χ4n) is 5.73. The lowest BCUT2D eigenvalue weighted by molar-refractivity contribution is -0.0810. The predicted molar refractivity (Wildman–Crippen MR) is 122 cm³/mol. The highest BCUT2D eigenvalue weighted by molar-refractivity contribution is 5.89. The van der Waals surface area contributed by atoms with Crippen LogP contribution in [0, 0.1) is 11.3 Å². The third-order valence-corrected chi connectivity index (χ3v) is 7.43. The Morgan fingerprint density at radius 2 is 1.84 bits per heavy atom. The molecule has 2 aliphatic rings. The van der Waals surface area contributed by atoms with Crippen LogP contribution in [-0.4, -0.2) is 22.9 Å². The topological polar surface area (TPSA) is 89.1 Å². The Balaban J connectivity index is 1.72. The van der Waals surface area contributed by atoms with E-state index in [2.05, 4.69) is 20.8 Å². The molecule has 1 aliphatic carbocycles. The highest BCUT2D eigenvalue weighted by Gasteiger charge is 2.51. The summed E-state index contributed by atoms with van der Waals surface area (Å²) in [5.41, 5.74) is 1.32. The summed E-state index contributed by atoms with van der Waals surface area (Å²) in [5.74, 6) is 1.29. The van der Waals surface area contributed by atoms with Gasteiger partial charge < -0.3 is 24.1 Å². The van der Waals surface area contributed by atoms with Gasteiger partial charge >= 0.3 is 0 Å². The van der Waals surface area contributed by atoms with Gasteiger partial charge in [0.15, 0.2) is 16.9 Å². The number of hydrogen-bond donors (Lipinski definition) is 2. The summed E-state index contributed by atoms with van der Waals surface area (Å²) >= 11 is 0. The molecule has 1 saturated carbocycles. The van der Waals surface area contributed by atoms with Gasteiger partial charge in [-0.05, 0) is 56.2 Å². The van der Waals surface area contributed by atoms with Gasteiger partial charge in [-0.25, -0.2) is 0 Å². The van der Waals surface area contributed by atoms with Gasteiger partial charge in [0, 0.05) is 29.2 Å². The van der Waals surface area contributed by atoms with Crippen molar-refractivity contribution in [3.05, 3.63) is 46.1 Å². The average Bonchev–Trinajstić information content (AvgIpc) is 2.73. The number of benzene rings is 2. The molecule has 3 aromatic rings. The van der Waals surface area contributed by atoms with Crippen LogP contribution in [0.4, 0.5) is 0 Å². The van der Waals surface area contributed by atoms with E-state index in [4.69, 9.17) is 13.9 Å². The minimum atomic E-state index is -0.359. The first kappa shape index (κ1) is 20.7. The Kier molecular flexibility index (Phi) is 4.49. The molecule has 168 valence electrons. The van der Waals surface area contributed by atoms with Gasteiger partial charge in [0.2, 0.25) is 0 Å². The summed E-state index contributed by atoms with van der Waals surface area (Å²) in [7, 11) is 1.61. The van der Waals surface area contributed by atoms with E-state index in [1.807, 2.05) is 0 Å². The maximum Gasteiger partial charge on any atom is 0.197 e. The van der Waals surface area contributed by atoms with E-state index in [1.165, 1.54) is 18.2 Å². The Labute approximate surface area is 186 Å². The zero-order chi connectivity index (χ0) is 22.8. The number of ether oxygens (including phenoxy) is 2. The molecule has 6 heteroatoms. The second kappa shape index (κ2) is 6.92. The summed E-state index contributed by atoms with van der Waals surface area (Å²) < 4.78 is 18.5. The van der Waals surface area contributed by atoms with Crippen molar-refractivity contribution in [2.75, 3.05) is 7.11 Å². The SMILES string of the molecule is COc1cc2oc(-c3ccc(O)c(O)c3)cc(=O)c2c2c1C[C@@H]1C(C)(C)CCC[C@]1(C)O2. The first-order chi connectivity index (χ1) is 15.1. The summed E-state index contributed by atoms with van der Waals surface area (Å²) in [6.07, 6.45) is 3.95. The van der Waals surface area contributed by atoms with E-state index in [0.717, 1.165) is 31.2 Å². The van der Waals surface area contributed by atoms with Crippen LogP contribution in [0.5, 0.6) is 23.0 Å². The molecule has 5 rings (SSSR count). The highest BCUT2D eigenvalue weighted by atomic mass is 16.5. The lowest BCUT2D eigenvalue weighted by Crippen LogP contribution is -2.54. The van der Waals surface area contributed by atoms with Gasteiger partial charge in [0.25, 0.3) is 0 Å². The molecule has 1 aromatic heterocycles. The number of aromatic hydroxyl groups is 2. The normalized spacial score (nSPS) is 23.8. The molecule has 0 spiro atoms. The molecule has 2 heterocycles. The summed E-state index contributed by atoms with van der Waals surface area (Å²) in [5, 5.41) is 19.9. The smallest absolute Gasteiger partial charge is 0.197 e. The Morgan fingerprint density at radius 3 is 2.56 bits per heavy atom. The molecule has 2 N–H and O–H groups in total. The molecule has 32 heavy (non-hydrogen) atoms. The number of methoxy groups -OCH3 is 1. The van der Waals surface area contributed by atoms with E-state index < -0.39 is 0 Å². The third-order valence-electron chi connectivity index (χ3n) is 7.43. The fourth-order valence-corrected chi connectivity index (χ4v) is 5.73. The molecule has 6 nitrogen and oxygen atoms in total. The van der Waals surface area contributed by atoms with E-state index in [9.17, 15) is 15.0 Å². The maximum absolute atomic E-state index is 13.3. The van der Waals surface area contributed by atoms with Crippen LogP contribution < -0.4 is 14.9 Å². The first-order valence-electron chi connectivity index (χ1n) is 11.0. The zero-order valence-corrected chi connectivity index (χ0v) is 18.8. The number of rotatable bonds is 2. The quantitative estimate of drug-likeness (QED) is 0.523. The van der Waals surface area contributed by atoms with Gasteiger partial charge in [0.1, 0.15) is 33.8 Å². The third kappa shape index (κ3) is 3.04. The molecule has 0 saturated heterocycles. The molecule has 0 radical (unpaired) electrons. The number of fused-ring (bicyclic) bond motifs is 4. The van der Waals surface area contributed by atoms with Gasteiger partial charge in [-0.1, -0.05) is 13.8 Å². The largest absolute Gasteiger partial charge is 0.504 e. The van der Waals surface area contributed by atoms with E-state index in [0.29, 0.717) is 39.7 Å². The summed E-state index contributed by atoms with van der Waals surface area (Å²) in [6.45, 7) is 6.75. The molecular formula is C26H28O6. The van der Waals surface area contributed by atoms with Gasteiger partial charge in [-0.2, -0.15) is 0 Å². The van der Waals surface area contributed by atoms with Crippen LogP contribution in [0.25, 0.3) is 22.3 Å². The molecule has 0 amide bonds. The van der Waals surface area contributed by atoms with Crippen LogP contribution in [0.3, 0.4) is 0 Å². The van der Waals surface area contributed by atoms with Crippen molar-refractivity contribution in [1.82, 2.24) is 0 Å². The standard InChI is InChI=1S/C26H28O6/c1-25(2)8-5-9-26(3)22(25)11-15-20(30-4)13-21-23(24(15)32-26)18(29)12-19(31-21)14-6-7-16(27)17(28)10-14/h6-7,10,12-13,22,27-28H,5,8-9,11H2,1-4H3/t22-,26+/m1/s1. The monoisotopic (exact) mass is 436 g/mol. The van der Waals surface area contributed by atoms with Crippen molar-refractivity contribution in [3.63, 3.8) is 0 Å². The molecule has 1 fully saturated rings. The van der Waals surface area contributed by atoms with Crippen molar-refractivity contribution in [3.8, 4) is 34.3 Å². The van der Waals surface area contributed by atoms with Gasteiger partial charge in [-0.3, -0.25) is 4.79 Å². The molecular weight excluding hydrogens is 408 g/mol. The predicted octanol–water partition coefficient (Wildman–Crippen LogP) is 5.40. The minimum absolute atomic E-state index is 0.125. The molecule has 2 atom stereocenters. The van der Waals surface area contributed by atoms with Crippen molar-refractivity contribution in [2.24, 2.45) is 11.3 Å². The van der Waals surface area contributed by atoms with Crippen LogP contribution in [-0.2, 0) is 6.42 Å². The van der Waals surface area contributed by atoms with Crippen LogP contribution >= 0.6 is 0 Å². The van der Waals surface area contributed by atoms with Crippen LogP contribution in [0.2, 0.25) is 0 Å². The second-order valence-electron chi connectivity index (χ2n) is 9.95. The fraction of sp³-hybridized carbons (Fsp3) is 0.423. The number of phenols is 2. The lowest BCUT2D eigenvalue weighted by Gasteiger charge is -2.53. The molecule has 0 unspecified atom stereocenters. The van der Waals surface area contributed by atoms with E-state index in [-0.39, 0.29) is 27.9 Å². The highest BCUT2D eigenvalue weighted by Crippen LogP contribution is 2.55. The lowest BCUT2D eigenvalue weighted by atomic mass is 9.59. The second-order valence-corrected chi connectivity index (χ2v) is 9.95. The van der Waals surface area contributed by atoms with Crippen molar-refractivity contribution >= 4 is 11.0 Å². The average molecular weight is 437 g/mol. The van der Waals surface area contributed by atoms with Crippen molar-refractivity contribution in [2.45, 2.75) is 52.1 Å². The minimum Gasteiger partial charge on any atom is -0.504 e. The number of hydrogen-bond acceptors (Lipinski definition) is 6. The molecule has 1 aliphatic heterocycles.